The first-order valence-corrected chi connectivity index (χ1v) is 7.14. The Labute approximate surface area is 126 Å². The summed E-state index contributed by atoms with van der Waals surface area (Å²) in [6, 6.07) is 10.1. The predicted octanol–water partition coefficient (Wildman–Crippen LogP) is 4.70. The highest BCUT2D eigenvalue weighted by atomic mass is 79.9. The van der Waals surface area contributed by atoms with Crippen LogP contribution in [-0.2, 0) is 0 Å². The summed E-state index contributed by atoms with van der Waals surface area (Å²) in [6.07, 6.45) is 0.899. The van der Waals surface area contributed by atoms with Crippen molar-refractivity contribution in [2.45, 2.75) is 13.3 Å². The number of nitrogen functional groups attached to an aromatic ring is 1. The topological polar surface area (TPSA) is 47.3 Å². The monoisotopic (exact) mass is 338 g/mol. The zero-order valence-corrected chi connectivity index (χ0v) is 12.7. The fourth-order valence-electron chi connectivity index (χ4n) is 1.71. The van der Waals surface area contributed by atoms with Crippen molar-refractivity contribution in [1.29, 1.82) is 0 Å². The molecule has 2 aromatic rings. The van der Waals surface area contributed by atoms with Crippen molar-refractivity contribution in [2.24, 2.45) is 0 Å². The molecule has 20 heavy (non-hydrogen) atoms. The van der Waals surface area contributed by atoms with Crippen LogP contribution < -0.4 is 15.8 Å². The molecule has 0 bridgehead atoms. The van der Waals surface area contributed by atoms with Gasteiger partial charge in [-0.15, -0.1) is 0 Å². The van der Waals surface area contributed by atoms with Gasteiger partial charge in [0, 0.05) is 16.2 Å². The van der Waals surface area contributed by atoms with Crippen LogP contribution in [0.2, 0.25) is 0 Å². The molecule has 0 unspecified atom stereocenters. The summed E-state index contributed by atoms with van der Waals surface area (Å²) in [5.74, 6) is 0.275. The molecule has 0 saturated heterocycles. The van der Waals surface area contributed by atoms with Crippen molar-refractivity contribution >= 4 is 33.0 Å². The minimum atomic E-state index is -0.327. The number of ether oxygens (including phenoxy) is 1. The van der Waals surface area contributed by atoms with Crippen LogP contribution in [0.1, 0.15) is 13.3 Å². The van der Waals surface area contributed by atoms with Crippen molar-refractivity contribution in [2.75, 3.05) is 17.7 Å². The number of para-hydroxylation sites is 1. The van der Waals surface area contributed by atoms with Crippen molar-refractivity contribution < 1.29 is 9.13 Å². The fourth-order valence-corrected chi connectivity index (χ4v) is 2.15. The van der Waals surface area contributed by atoms with E-state index >= 15 is 0 Å². The molecule has 3 N–H and O–H groups in total. The van der Waals surface area contributed by atoms with E-state index in [0.29, 0.717) is 28.2 Å². The van der Waals surface area contributed by atoms with E-state index in [0.717, 1.165) is 12.1 Å². The lowest BCUT2D eigenvalue weighted by atomic mass is 10.2. The van der Waals surface area contributed by atoms with Gasteiger partial charge in [-0.05, 0) is 46.6 Å². The Morgan fingerprint density at radius 2 is 2.10 bits per heavy atom. The Morgan fingerprint density at radius 1 is 1.30 bits per heavy atom. The van der Waals surface area contributed by atoms with E-state index in [1.54, 1.807) is 30.3 Å². The highest BCUT2D eigenvalue weighted by molar-refractivity contribution is 9.10. The van der Waals surface area contributed by atoms with E-state index in [9.17, 15) is 4.39 Å². The molecular weight excluding hydrogens is 323 g/mol. The van der Waals surface area contributed by atoms with Gasteiger partial charge < -0.3 is 15.8 Å². The van der Waals surface area contributed by atoms with E-state index < -0.39 is 0 Å². The molecule has 0 saturated carbocycles. The van der Waals surface area contributed by atoms with Gasteiger partial charge in [0.2, 0.25) is 0 Å². The summed E-state index contributed by atoms with van der Waals surface area (Å²) in [5, 5.41) is 3.03. The molecule has 0 heterocycles. The average molecular weight is 339 g/mol. The highest BCUT2D eigenvalue weighted by Gasteiger charge is 2.08. The first kappa shape index (κ1) is 14.7. The quantitative estimate of drug-likeness (QED) is 0.776. The van der Waals surface area contributed by atoms with Crippen LogP contribution in [0.5, 0.6) is 5.75 Å². The molecule has 0 aromatic heterocycles. The summed E-state index contributed by atoms with van der Waals surface area (Å²) in [5.41, 5.74) is 7.52. The Balaban J connectivity index is 2.25. The van der Waals surface area contributed by atoms with Crippen molar-refractivity contribution in [3.63, 3.8) is 0 Å². The van der Waals surface area contributed by atoms with Gasteiger partial charge in [-0.1, -0.05) is 13.0 Å². The molecule has 2 rings (SSSR count). The van der Waals surface area contributed by atoms with Crippen molar-refractivity contribution in [1.82, 2.24) is 0 Å². The number of hydrogen-bond donors (Lipinski definition) is 2. The van der Waals surface area contributed by atoms with Crippen molar-refractivity contribution in [3.05, 3.63) is 46.7 Å². The molecular formula is C15H16BrFN2O. The van der Waals surface area contributed by atoms with Gasteiger partial charge in [0.05, 0.1) is 18.0 Å². The third-order valence-corrected chi connectivity index (χ3v) is 3.37. The van der Waals surface area contributed by atoms with Crippen LogP contribution in [0.25, 0.3) is 0 Å². The summed E-state index contributed by atoms with van der Waals surface area (Å²) >= 11 is 3.32. The van der Waals surface area contributed by atoms with Crippen LogP contribution in [0.4, 0.5) is 21.5 Å². The normalized spacial score (nSPS) is 10.3. The van der Waals surface area contributed by atoms with E-state index in [1.807, 2.05) is 6.92 Å². The third-order valence-electron chi connectivity index (χ3n) is 2.71. The maximum absolute atomic E-state index is 13.8. The van der Waals surface area contributed by atoms with Gasteiger partial charge in [-0.2, -0.15) is 0 Å². The first-order chi connectivity index (χ1) is 9.61. The largest absolute Gasteiger partial charge is 0.491 e. The standard InChI is InChI=1S/C15H16BrFN2O/c1-2-8-20-14-9-10(6-7-13(14)18)19-15-11(16)4-3-5-12(15)17/h3-7,9,19H,2,8,18H2,1H3. The number of nitrogens with one attached hydrogen (secondary N) is 1. The SMILES string of the molecule is CCCOc1cc(Nc2c(F)cccc2Br)ccc1N. The van der Waals surface area contributed by atoms with Gasteiger partial charge in [0.1, 0.15) is 11.6 Å². The number of hydrogen-bond acceptors (Lipinski definition) is 3. The molecule has 0 aliphatic rings. The number of rotatable bonds is 5. The first-order valence-electron chi connectivity index (χ1n) is 6.35. The number of benzene rings is 2. The second kappa shape index (κ2) is 6.61. The number of nitrogens with two attached hydrogens (primary N) is 1. The van der Waals surface area contributed by atoms with Crippen LogP contribution in [0.3, 0.4) is 0 Å². The molecule has 0 aliphatic heterocycles. The zero-order chi connectivity index (χ0) is 14.5. The van der Waals surface area contributed by atoms with Gasteiger partial charge in [0.25, 0.3) is 0 Å². The van der Waals surface area contributed by atoms with E-state index in [-0.39, 0.29) is 5.82 Å². The molecule has 0 fully saturated rings. The Bertz CT molecular complexity index is 584. The van der Waals surface area contributed by atoms with Crippen LogP contribution in [0, 0.1) is 5.82 Å². The molecule has 0 aliphatic carbocycles. The number of halogens is 2. The van der Waals surface area contributed by atoms with Crippen LogP contribution >= 0.6 is 15.9 Å². The summed E-state index contributed by atoms with van der Waals surface area (Å²) in [4.78, 5) is 0. The van der Waals surface area contributed by atoms with E-state index in [2.05, 4.69) is 21.2 Å². The maximum atomic E-state index is 13.8. The van der Waals surface area contributed by atoms with Crippen molar-refractivity contribution in [3.8, 4) is 5.75 Å². The Hall–Kier alpha value is -1.75. The molecule has 0 atom stereocenters. The second-order valence-corrected chi connectivity index (χ2v) is 5.18. The maximum Gasteiger partial charge on any atom is 0.147 e. The lowest BCUT2D eigenvalue weighted by Gasteiger charge is -2.13. The van der Waals surface area contributed by atoms with Gasteiger partial charge in [0.15, 0.2) is 0 Å². The lowest BCUT2D eigenvalue weighted by Crippen LogP contribution is -2.01. The van der Waals surface area contributed by atoms with Crippen LogP contribution in [0.15, 0.2) is 40.9 Å². The lowest BCUT2D eigenvalue weighted by molar-refractivity contribution is 0.319. The predicted molar refractivity (Wildman–Crippen MR) is 84.0 cm³/mol. The third kappa shape index (κ3) is 3.42. The van der Waals surface area contributed by atoms with E-state index in [4.69, 9.17) is 10.5 Å². The van der Waals surface area contributed by atoms with Gasteiger partial charge >= 0.3 is 0 Å². The molecule has 3 nitrogen and oxygen atoms in total. The van der Waals surface area contributed by atoms with E-state index in [1.165, 1.54) is 6.07 Å². The Kier molecular flexibility index (Phi) is 4.84. The minimum absolute atomic E-state index is 0.327. The smallest absolute Gasteiger partial charge is 0.147 e. The summed E-state index contributed by atoms with van der Waals surface area (Å²) in [7, 11) is 0. The molecule has 0 radical (unpaired) electrons. The zero-order valence-electron chi connectivity index (χ0n) is 11.1. The van der Waals surface area contributed by atoms with Crippen LogP contribution in [-0.4, -0.2) is 6.61 Å². The molecule has 5 heteroatoms. The fraction of sp³-hybridized carbons (Fsp3) is 0.200. The summed E-state index contributed by atoms with van der Waals surface area (Å²) < 4.78 is 20.0. The molecule has 0 amide bonds. The second-order valence-electron chi connectivity index (χ2n) is 4.32. The minimum Gasteiger partial charge on any atom is -0.491 e. The molecule has 106 valence electrons. The number of anilines is 3. The summed E-state index contributed by atoms with van der Waals surface area (Å²) in [6.45, 7) is 2.62. The average Bonchev–Trinajstić information content (AvgIpc) is 2.43. The Morgan fingerprint density at radius 3 is 2.80 bits per heavy atom. The molecule has 0 spiro atoms. The van der Waals surface area contributed by atoms with Gasteiger partial charge in [-0.3, -0.25) is 0 Å². The molecule has 2 aromatic carbocycles. The van der Waals surface area contributed by atoms with Gasteiger partial charge in [-0.25, -0.2) is 4.39 Å². The highest BCUT2D eigenvalue weighted by Crippen LogP contribution is 2.31.